The number of hydrogen-bond donors (Lipinski definition) is 2. The first-order valence-corrected chi connectivity index (χ1v) is 13.0. The SMILES string of the molecule is CN(CCc1ccccc1)c1ncc(C(=O)N(CCOc2ccccc2)CC(=O)O)c(CCCCCN)n1. The number of ether oxygens (including phenoxy) is 1. The molecular weight excluding hydrogens is 482 g/mol. The van der Waals surface area contributed by atoms with Crippen LogP contribution in [0.4, 0.5) is 5.95 Å². The van der Waals surface area contributed by atoms with Crippen LogP contribution in [0.2, 0.25) is 0 Å². The number of carbonyl (C=O) groups is 2. The van der Waals surface area contributed by atoms with Crippen molar-refractivity contribution in [2.75, 3.05) is 44.7 Å². The number of likely N-dealkylation sites (N-methyl/N-ethyl adjacent to an activating group) is 1. The van der Waals surface area contributed by atoms with Crippen molar-refractivity contribution in [1.82, 2.24) is 14.9 Å². The van der Waals surface area contributed by atoms with Crippen LogP contribution in [-0.4, -0.2) is 71.7 Å². The third-order valence-corrected chi connectivity index (χ3v) is 6.11. The molecule has 0 bridgehead atoms. The van der Waals surface area contributed by atoms with Crippen LogP contribution in [0.15, 0.2) is 66.9 Å². The maximum absolute atomic E-state index is 13.5. The monoisotopic (exact) mass is 519 g/mol. The molecule has 202 valence electrons. The van der Waals surface area contributed by atoms with Crippen LogP contribution in [0.5, 0.6) is 5.75 Å². The van der Waals surface area contributed by atoms with E-state index in [9.17, 15) is 14.7 Å². The summed E-state index contributed by atoms with van der Waals surface area (Å²) in [4.78, 5) is 37.5. The van der Waals surface area contributed by atoms with Crippen molar-refractivity contribution in [3.05, 3.63) is 83.7 Å². The number of aliphatic carboxylic acids is 1. The van der Waals surface area contributed by atoms with Crippen molar-refractivity contribution in [2.24, 2.45) is 5.73 Å². The molecule has 9 heteroatoms. The molecule has 0 fully saturated rings. The van der Waals surface area contributed by atoms with Gasteiger partial charge in [0.05, 0.1) is 17.8 Å². The van der Waals surface area contributed by atoms with Gasteiger partial charge in [0.2, 0.25) is 5.95 Å². The molecule has 0 atom stereocenters. The maximum atomic E-state index is 13.5. The van der Waals surface area contributed by atoms with Crippen LogP contribution in [0, 0.1) is 0 Å². The fourth-order valence-corrected chi connectivity index (χ4v) is 3.99. The van der Waals surface area contributed by atoms with Crippen LogP contribution in [0.3, 0.4) is 0 Å². The van der Waals surface area contributed by atoms with Gasteiger partial charge in [-0.05, 0) is 49.9 Å². The van der Waals surface area contributed by atoms with Crippen molar-refractivity contribution in [2.45, 2.75) is 32.1 Å². The third kappa shape index (κ3) is 9.15. The van der Waals surface area contributed by atoms with Crippen LogP contribution < -0.4 is 15.4 Å². The van der Waals surface area contributed by atoms with Crippen LogP contribution >= 0.6 is 0 Å². The lowest BCUT2D eigenvalue weighted by Gasteiger charge is -2.23. The molecule has 0 aliphatic rings. The Balaban J connectivity index is 1.76. The van der Waals surface area contributed by atoms with E-state index in [4.69, 9.17) is 15.5 Å². The van der Waals surface area contributed by atoms with Gasteiger partial charge >= 0.3 is 5.97 Å². The molecule has 3 rings (SSSR count). The Bertz CT molecular complexity index is 1140. The van der Waals surface area contributed by atoms with Crippen LogP contribution in [0.25, 0.3) is 0 Å². The average molecular weight is 520 g/mol. The summed E-state index contributed by atoms with van der Waals surface area (Å²) in [5.41, 5.74) is 7.80. The van der Waals surface area contributed by atoms with Gasteiger partial charge in [-0.1, -0.05) is 55.0 Å². The van der Waals surface area contributed by atoms with Crippen molar-refractivity contribution >= 4 is 17.8 Å². The maximum Gasteiger partial charge on any atom is 0.323 e. The van der Waals surface area contributed by atoms with Gasteiger partial charge in [0.25, 0.3) is 5.91 Å². The molecule has 0 unspecified atom stereocenters. The van der Waals surface area contributed by atoms with Crippen molar-refractivity contribution in [3.63, 3.8) is 0 Å². The molecular formula is C29H37N5O4. The van der Waals surface area contributed by atoms with Gasteiger partial charge in [0.1, 0.15) is 18.9 Å². The van der Waals surface area contributed by atoms with Crippen molar-refractivity contribution < 1.29 is 19.4 Å². The Morgan fingerprint density at radius 1 is 0.947 bits per heavy atom. The number of carboxylic acid groups (broad SMARTS) is 1. The minimum atomic E-state index is -1.10. The normalized spacial score (nSPS) is 10.7. The van der Waals surface area contributed by atoms with E-state index in [0.717, 1.165) is 25.7 Å². The van der Waals surface area contributed by atoms with E-state index in [-0.39, 0.29) is 13.2 Å². The summed E-state index contributed by atoms with van der Waals surface area (Å²) in [5, 5.41) is 9.45. The summed E-state index contributed by atoms with van der Waals surface area (Å²) in [6, 6.07) is 19.4. The number of benzene rings is 2. The number of nitrogens with zero attached hydrogens (tertiary/aromatic N) is 4. The van der Waals surface area contributed by atoms with E-state index in [0.29, 0.717) is 42.5 Å². The molecule has 0 aliphatic heterocycles. The topological polar surface area (TPSA) is 122 Å². The van der Waals surface area contributed by atoms with Gasteiger partial charge in [-0.25, -0.2) is 9.97 Å². The lowest BCUT2D eigenvalue weighted by Crippen LogP contribution is -2.39. The molecule has 3 N–H and O–H groups in total. The molecule has 38 heavy (non-hydrogen) atoms. The number of anilines is 1. The predicted octanol–water partition coefficient (Wildman–Crippen LogP) is 3.43. The quantitative estimate of drug-likeness (QED) is 0.276. The number of para-hydroxylation sites is 1. The Kier molecular flexibility index (Phi) is 11.5. The summed E-state index contributed by atoms with van der Waals surface area (Å²) in [6.45, 7) is 1.16. The van der Waals surface area contributed by atoms with E-state index >= 15 is 0 Å². The first kappa shape index (κ1) is 28.6. The lowest BCUT2D eigenvalue weighted by atomic mass is 10.1. The highest BCUT2D eigenvalue weighted by molar-refractivity contribution is 5.96. The fourth-order valence-electron chi connectivity index (χ4n) is 3.99. The molecule has 0 saturated carbocycles. The minimum absolute atomic E-state index is 0.116. The molecule has 0 radical (unpaired) electrons. The number of rotatable bonds is 16. The zero-order chi connectivity index (χ0) is 27.2. The molecule has 0 aliphatic carbocycles. The smallest absolute Gasteiger partial charge is 0.323 e. The first-order valence-electron chi connectivity index (χ1n) is 13.0. The largest absolute Gasteiger partial charge is 0.492 e. The van der Waals surface area contributed by atoms with Gasteiger partial charge < -0.3 is 25.4 Å². The number of aromatic nitrogens is 2. The highest BCUT2D eigenvalue weighted by Gasteiger charge is 2.23. The zero-order valence-electron chi connectivity index (χ0n) is 22.0. The minimum Gasteiger partial charge on any atom is -0.492 e. The van der Waals surface area contributed by atoms with Crippen molar-refractivity contribution in [1.29, 1.82) is 0 Å². The molecule has 9 nitrogen and oxygen atoms in total. The molecule has 1 amide bonds. The molecule has 1 heterocycles. The molecule has 2 aromatic carbocycles. The summed E-state index contributed by atoms with van der Waals surface area (Å²) in [7, 11) is 1.93. The van der Waals surface area contributed by atoms with Crippen LogP contribution in [-0.2, 0) is 17.6 Å². The Morgan fingerprint density at radius 3 is 2.34 bits per heavy atom. The summed E-state index contributed by atoms with van der Waals surface area (Å²) < 4.78 is 5.70. The Hall–Kier alpha value is -3.98. The molecule has 0 saturated heterocycles. The van der Waals surface area contributed by atoms with E-state index in [1.807, 2.05) is 60.5 Å². The Labute approximate surface area is 224 Å². The van der Waals surface area contributed by atoms with E-state index < -0.39 is 18.4 Å². The number of carbonyl (C=O) groups excluding carboxylic acids is 1. The number of aryl methyl sites for hydroxylation is 1. The first-order chi connectivity index (χ1) is 18.5. The number of hydrogen-bond acceptors (Lipinski definition) is 7. The molecule has 3 aromatic rings. The second-order valence-electron chi connectivity index (χ2n) is 9.07. The summed E-state index contributed by atoms with van der Waals surface area (Å²) in [5.74, 6) is -0.331. The van der Waals surface area contributed by atoms with E-state index in [1.54, 1.807) is 0 Å². The van der Waals surface area contributed by atoms with Crippen LogP contribution in [0.1, 0.15) is 40.9 Å². The van der Waals surface area contributed by atoms with E-state index in [2.05, 4.69) is 17.1 Å². The Morgan fingerprint density at radius 2 is 1.66 bits per heavy atom. The highest BCUT2D eigenvalue weighted by atomic mass is 16.5. The van der Waals surface area contributed by atoms with Gasteiger partial charge in [-0.2, -0.15) is 0 Å². The standard InChI is InChI=1S/C29H37N5O4/c1-33(18-16-23-11-5-2-6-12-23)29-31-21-25(26(32-29)15-9-4-10-17-30)28(37)34(22-27(35)36)19-20-38-24-13-7-3-8-14-24/h2-3,5-8,11-14,21H,4,9-10,15-20,22,30H2,1H3,(H,35,36). The second-order valence-corrected chi connectivity index (χ2v) is 9.07. The number of nitrogens with two attached hydrogens (primary N) is 1. The lowest BCUT2D eigenvalue weighted by molar-refractivity contribution is -0.137. The van der Waals surface area contributed by atoms with Gasteiger partial charge in [0, 0.05) is 19.8 Å². The fraction of sp³-hybridized carbons (Fsp3) is 0.379. The van der Waals surface area contributed by atoms with Gasteiger partial charge in [-0.3, -0.25) is 9.59 Å². The zero-order valence-corrected chi connectivity index (χ0v) is 22.0. The van der Waals surface area contributed by atoms with Crippen molar-refractivity contribution in [3.8, 4) is 5.75 Å². The second kappa shape index (κ2) is 15.3. The number of carboxylic acids is 1. The summed E-state index contributed by atoms with van der Waals surface area (Å²) >= 11 is 0. The molecule has 0 spiro atoms. The number of unbranched alkanes of at least 4 members (excludes halogenated alkanes) is 2. The van der Waals surface area contributed by atoms with E-state index in [1.165, 1.54) is 16.7 Å². The van der Waals surface area contributed by atoms with Gasteiger partial charge in [0.15, 0.2) is 0 Å². The van der Waals surface area contributed by atoms with Gasteiger partial charge in [-0.15, -0.1) is 0 Å². The number of amides is 1. The highest BCUT2D eigenvalue weighted by Crippen LogP contribution is 2.17. The summed E-state index contributed by atoms with van der Waals surface area (Å²) in [6.07, 6.45) is 5.55. The third-order valence-electron chi connectivity index (χ3n) is 6.11. The predicted molar refractivity (Wildman–Crippen MR) is 148 cm³/mol. The average Bonchev–Trinajstić information content (AvgIpc) is 2.94. The molecule has 1 aromatic heterocycles.